The molecule has 3 aromatic rings. The number of methoxy groups -OCH3 is 1. The van der Waals surface area contributed by atoms with Gasteiger partial charge in [0.15, 0.2) is 47.4 Å². The van der Waals surface area contributed by atoms with E-state index >= 15 is 0 Å². The summed E-state index contributed by atoms with van der Waals surface area (Å²) in [6.45, 7) is 1.16. The summed E-state index contributed by atoms with van der Waals surface area (Å²) in [5.74, 6) is -1.44. The average molecular weight is 524 g/mol. The van der Waals surface area contributed by atoms with E-state index in [9.17, 15) is 30.0 Å². The highest BCUT2D eigenvalue weighted by Gasteiger charge is 2.40. The maximum atomic E-state index is 12.8. The Balaban J connectivity index is 1.50. The lowest BCUT2D eigenvalue weighted by atomic mass is 9.92. The number of Topliss-reactive ketones (excluding diaryl/α,β-unsaturated/α-hetero) is 1. The molecule has 0 aromatic heterocycles. The van der Waals surface area contributed by atoms with Crippen molar-refractivity contribution < 1.29 is 53.7 Å². The van der Waals surface area contributed by atoms with Gasteiger partial charge in [-0.25, -0.2) is 0 Å². The molecule has 2 heterocycles. The van der Waals surface area contributed by atoms with Gasteiger partial charge in [0.05, 0.1) is 7.11 Å². The normalized spacial score (nSPS) is 21.7. The van der Waals surface area contributed by atoms with Crippen LogP contribution in [0, 0.1) is 0 Å². The summed E-state index contributed by atoms with van der Waals surface area (Å²) < 4.78 is 28.5. The topological polar surface area (TPSA) is 161 Å². The maximum Gasteiger partial charge on any atom is 0.302 e. The number of aliphatic hydroxyl groups excluding tert-OH is 1. The van der Waals surface area contributed by atoms with Gasteiger partial charge in [0.2, 0.25) is 5.78 Å². The second kappa shape index (κ2) is 9.67. The molecule has 2 aliphatic rings. The molecule has 11 nitrogen and oxygen atoms in total. The fourth-order valence-electron chi connectivity index (χ4n) is 4.47. The first-order valence-corrected chi connectivity index (χ1v) is 11.6. The van der Waals surface area contributed by atoms with E-state index in [4.69, 9.17) is 23.7 Å². The van der Waals surface area contributed by atoms with Crippen LogP contribution in [-0.2, 0) is 9.53 Å². The van der Waals surface area contributed by atoms with Crippen molar-refractivity contribution in [1.82, 2.24) is 0 Å². The van der Waals surface area contributed by atoms with Crippen LogP contribution in [-0.4, -0.2) is 58.1 Å². The average Bonchev–Trinajstić information content (AvgIpc) is 2.88. The summed E-state index contributed by atoms with van der Waals surface area (Å²) >= 11 is 0. The molecule has 0 saturated heterocycles. The van der Waals surface area contributed by atoms with Crippen molar-refractivity contribution in [2.75, 3.05) is 13.7 Å². The minimum Gasteiger partial charge on any atom is -0.508 e. The van der Waals surface area contributed by atoms with Crippen LogP contribution in [0.5, 0.6) is 40.2 Å². The Morgan fingerprint density at radius 2 is 1.58 bits per heavy atom. The lowest BCUT2D eigenvalue weighted by molar-refractivity contribution is -0.145. The molecule has 0 radical (unpaired) electrons. The van der Waals surface area contributed by atoms with Crippen LogP contribution in [0.2, 0.25) is 0 Å². The minimum absolute atomic E-state index is 0.0716. The van der Waals surface area contributed by atoms with Crippen molar-refractivity contribution in [3.05, 3.63) is 65.2 Å². The standard InChI is InChI=1S/C27H24O11/c1-12(28)35-11-22-26(13-3-5-16(30)19(7-13)34-2)37-20-8-14(4-6-18(20)36-22)27-25(33)24(32)23-17(31)9-15(29)10-21(23)38-27/h3-10,22,25-27,29-31,33H,11H2,1-2H3/t22-,25-,26-,27-/m1/s1. The number of fused-ring (bicyclic) bond motifs is 2. The molecule has 0 aliphatic carbocycles. The van der Waals surface area contributed by atoms with Crippen molar-refractivity contribution in [2.24, 2.45) is 0 Å². The largest absolute Gasteiger partial charge is 0.508 e. The zero-order valence-corrected chi connectivity index (χ0v) is 20.3. The number of ketones is 1. The highest BCUT2D eigenvalue weighted by Crippen LogP contribution is 2.46. The Morgan fingerprint density at radius 3 is 2.32 bits per heavy atom. The molecule has 0 fully saturated rings. The van der Waals surface area contributed by atoms with E-state index in [0.29, 0.717) is 16.9 Å². The van der Waals surface area contributed by atoms with Gasteiger partial charge in [0.1, 0.15) is 29.4 Å². The van der Waals surface area contributed by atoms with Gasteiger partial charge in [-0.05, 0) is 29.8 Å². The predicted molar refractivity (Wildman–Crippen MR) is 129 cm³/mol. The number of esters is 1. The molecule has 4 N–H and O–H groups in total. The molecule has 38 heavy (non-hydrogen) atoms. The third kappa shape index (κ3) is 4.48. The number of carbonyl (C=O) groups is 2. The van der Waals surface area contributed by atoms with Crippen LogP contribution in [0.25, 0.3) is 0 Å². The van der Waals surface area contributed by atoms with Gasteiger partial charge in [0, 0.05) is 24.6 Å². The SMILES string of the molecule is COc1cc([C@H]2Oc3cc([C@H]4Oc5cc(O)cc(O)c5C(=O)[C@H]4O)ccc3O[C@@H]2COC(C)=O)ccc1O. The van der Waals surface area contributed by atoms with E-state index in [-0.39, 0.29) is 40.9 Å². The number of phenolic OH excluding ortho intramolecular Hbond substituents is 3. The molecule has 198 valence electrons. The van der Waals surface area contributed by atoms with Gasteiger partial charge in [-0.1, -0.05) is 12.1 Å². The van der Waals surface area contributed by atoms with Crippen LogP contribution >= 0.6 is 0 Å². The molecule has 0 bridgehead atoms. The van der Waals surface area contributed by atoms with Gasteiger partial charge in [-0.3, -0.25) is 9.59 Å². The number of phenols is 3. The Labute approximate surface area is 216 Å². The molecule has 2 aliphatic heterocycles. The van der Waals surface area contributed by atoms with E-state index in [1.807, 2.05) is 0 Å². The van der Waals surface area contributed by atoms with Gasteiger partial charge in [-0.15, -0.1) is 0 Å². The van der Waals surface area contributed by atoms with Gasteiger partial charge >= 0.3 is 5.97 Å². The van der Waals surface area contributed by atoms with Gasteiger partial charge < -0.3 is 44.1 Å². The van der Waals surface area contributed by atoms with Crippen LogP contribution < -0.4 is 18.9 Å². The summed E-state index contributed by atoms with van der Waals surface area (Å²) in [4.78, 5) is 24.3. The molecule has 11 heteroatoms. The first-order valence-electron chi connectivity index (χ1n) is 11.6. The predicted octanol–water partition coefficient (Wildman–Crippen LogP) is 2.93. The van der Waals surface area contributed by atoms with Crippen molar-refractivity contribution in [3.63, 3.8) is 0 Å². The maximum absolute atomic E-state index is 12.8. The highest BCUT2D eigenvalue weighted by molar-refractivity contribution is 6.05. The zero-order chi connectivity index (χ0) is 27.1. The van der Waals surface area contributed by atoms with Gasteiger partial charge in [0.25, 0.3) is 0 Å². The Bertz CT molecular complexity index is 1420. The molecular weight excluding hydrogens is 500 g/mol. The second-order valence-electron chi connectivity index (χ2n) is 8.82. The third-order valence-electron chi connectivity index (χ3n) is 6.27. The first kappa shape index (κ1) is 25.0. The van der Waals surface area contributed by atoms with Crippen LogP contribution in [0.1, 0.15) is 40.6 Å². The minimum atomic E-state index is -1.64. The Kier molecular flexibility index (Phi) is 6.37. The highest BCUT2D eigenvalue weighted by atomic mass is 16.6. The summed E-state index contributed by atoms with van der Waals surface area (Å²) in [7, 11) is 1.41. The van der Waals surface area contributed by atoms with Crippen molar-refractivity contribution >= 4 is 11.8 Å². The number of aromatic hydroxyl groups is 3. The van der Waals surface area contributed by atoms with Crippen LogP contribution in [0.15, 0.2) is 48.5 Å². The first-order chi connectivity index (χ1) is 18.2. The molecule has 5 rings (SSSR count). The lowest BCUT2D eigenvalue weighted by Gasteiger charge is -2.35. The monoisotopic (exact) mass is 524 g/mol. The van der Waals surface area contributed by atoms with Crippen molar-refractivity contribution in [3.8, 4) is 40.2 Å². The summed E-state index contributed by atoms with van der Waals surface area (Å²) in [5.41, 5.74) is 0.706. The number of carbonyl (C=O) groups excluding carboxylic acids is 2. The molecule has 3 aromatic carbocycles. The smallest absolute Gasteiger partial charge is 0.302 e. The fraction of sp³-hybridized carbons (Fsp3) is 0.259. The summed E-state index contributed by atoms with van der Waals surface area (Å²) in [5, 5.41) is 40.6. The van der Waals surface area contributed by atoms with Crippen LogP contribution in [0.3, 0.4) is 0 Å². The number of hydrogen-bond acceptors (Lipinski definition) is 11. The van der Waals surface area contributed by atoms with Crippen LogP contribution in [0.4, 0.5) is 0 Å². The number of benzene rings is 3. The molecule has 0 unspecified atom stereocenters. The molecular formula is C27H24O11. The fourth-order valence-corrected chi connectivity index (χ4v) is 4.47. The number of ether oxygens (including phenoxy) is 5. The number of hydrogen-bond donors (Lipinski definition) is 4. The molecule has 0 spiro atoms. The number of rotatable bonds is 5. The van der Waals surface area contributed by atoms with Crippen molar-refractivity contribution in [2.45, 2.75) is 31.3 Å². The molecule has 4 atom stereocenters. The summed E-state index contributed by atoms with van der Waals surface area (Å²) in [6, 6.07) is 11.5. The summed E-state index contributed by atoms with van der Waals surface area (Å²) in [6.07, 6.45) is -4.35. The van der Waals surface area contributed by atoms with E-state index in [1.54, 1.807) is 24.3 Å². The van der Waals surface area contributed by atoms with E-state index in [1.165, 1.54) is 32.2 Å². The molecule has 0 saturated carbocycles. The number of aliphatic hydroxyl groups is 1. The second-order valence-corrected chi connectivity index (χ2v) is 8.82. The van der Waals surface area contributed by atoms with E-state index in [2.05, 4.69) is 0 Å². The van der Waals surface area contributed by atoms with E-state index in [0.717, 1.165) is 6.07 Å². The van der Waals surface area contributed by atoms with Gasteiger partial charge in [-0.2, -0.15) is 0 Å². The zero-order valence-electron chi connectivity index (χ0n) is 20.3. The van der Waals surface area contributed by atoms with E-state index < -0.39 is 41.9 Å². The third-order valence-corrected chi connectivity index (χ3v) is 6.27. The Morgan fingerprint density at radius 1 is 0.868 bits per heavy atom. The molecule has 0 amide bonds. The quantitative estimate of drug-likeness (QED) is 0.363. The van der Waals surface area contributed by atoms with Crippen molar-refractivity contribution in [1.29, 1.82) is 0 Å². The Hall–Kier alpha value is -4.64. The lowest BCUT2D eigenvalue weighted by Crippen LogP contribution is -2.38.